The fraction of sp³-hybridized carbons (Fsp3) is 1.00. The van der Waals surface area contributed by atoms with Crippen LogP contribution in [-0.4, -0.2) is 58.5 Å². The molecule has 3 aliphatic rings. The molecule has 3 aliphatic heterocycles. The maximum Gasteiger partial charge on any atom is 0.195 e. The quantitative estimate of drug-likeness (QED) is 0.291. The van der Waals surface area contributed by atoms with Crippen LogP contribution >= 0.6 is 0 Å². The lowest BCUT2D eigenvalue weighted by molar-refractivity contribution is -0.262. The minimum absolute atomic E-state index is 0.0891. The van der Waals surface area contributed by atoms with Gasteiger partial charge in [0.15, 0.2) is 20.4 Å². The number of ether oxygens (including phenoxy) is 4. The Bertz CT molecular complexity index is 586. The lowest BCUT2D eigenvalue weighted by atomic mass is 9.99. The van der Waals surface area contributed by atoms with E-state index in [0.717, 1.165) is 19.4 Å². The summed E-state index contributed by atoms with van der Waals surface area (Å²) in [5, 5.41) is 3.91. The molecule has 6 atom stereocenters. The first-order chi connectivity index (χ1) is 12.6. The molecule has 0 amide bonds. The fourth-order valence-electron chi connectivity index (χ4n) is 3.70. The Hall–Kier alpha value is -0.673. The highest BCUT2D eigenvalue weighted by molar-refractivity contribution is 6.74. The second-order valence-electron chi connectivity index (χ2n) is 9.41. The molecule has 3 saturated heterocycles. The van der Waals surface area contributed by atoms with Crippen molar-refractivity contribution >= 4 is 8.32 Å². The van der Waals surface area contributed by atoms with Gasteiger partial charge < -0.3 is 23.4 Å². The number of rotatable bonds is 6. The van der Waals surface area contributed by atoms with Gasteiger partial charge >= 0.3 is 0 Å². The Morgan fingerprint density at radius 3 is 2.63 bits per heavy atom. The van der Waals surface area contributed by atoms with Crippen LogP contribution in [0.15, 0.2) is 5.11 Å². The molecular weight excluding hydrogens is 366 g/mol. The summed E-state index contributed by atoms with van der Waals surface area (Å²) in [6, 6.07) is 0. The van der Waals surface area contributed by atoms with Crippen molar-refractivity contribution in [2.75, 3.05) is 19.8 Å². The van der Waals surface area contributed by atoms with Crippen LogP contribution < -0.4 is 0 Å². The van der Waals surface area contributed by atoms with Crippen LogP contribution in [0.2, 0.25) is 18.1 Å². The Morgan fingerprint density at radius 1 is 1.30 bits per heavy atom. The van der Waals surface area contributed by atoms with Gasteiger partial charge in [0, 0.05) is 24.0 Å². The summed E-state index contributed by atoms with van der Waals surface area (Å²) in [5.41, 5.74) is 8.80. The van der Waals surface area contributed by atoms with Crippen molar-refractivity contribution in [1.29, 1.82) is 0 Å². The maximum absolute atomic E-state index is 8.80. The first-order valence-corrected chi connectivity index (χ1v) is 12.8. The van der Waals surface area contributed by atoms with Gasteiger partial charge in [0.2, 0.25) is 0 Å². The first kappa shape index (κ1) is 21.0. The largest absolute Gasteiger partial charge is 0.414 e. The molecule has 0 N–H and O–H groups in total. The molecule has 9 heteroatoms. The van der Waals surface area contributed by atoms with Crippen molar-refractivity contribution in [3.63, 3.8) is 0 Å². The molecule has 8 nitrogen and oxygen atoms in total. The van der Waals surface area contributed by atoms with Crippen LogP contribution in [0.25, 0.3) is 10.4 Å². The zero-order valence-corrected chi connectivity index (χ0v) is 18.3. The van der Waals surface area contributed by atoms with Crippen molar-refractivity contribution in [2.24, 2.45) is 11.0 Å². The molecule has 0 aromatic rings. The lowest BCUT2D eigenvalue weighted by Crippen LogP contribution is -2.46. The van der Waals surface area contributed by atoms with Gasteiger partial charge in [0.05, 0.1) is 12.7 Å². The topological polar surface area (TPSA) is 94.9 Å². The smallest absolute Gasteiger partial charge is 0.195 e. The molecule has 3 fully saturated rings. The number of fused-ring (bicyclic) bond motifs is 1. The minimum Gasteiger partial charge on any atom is -0.414 e. The van der Waals surface area contributed by atoms with Gasteiger partial charge in [-0.05, 0) is 43.4 Å². The Labute approximate surface area is 162 Å². The average Bonchev–Trinajstić information content (AvgIpc) is 3.26. The molecule has 0 aromatic heterocycles. The van der Waals surface area contributed by atoms with E-state index in [4.69, 9.17) is 28.9 Å². The highest BCUT2D eigenvalue weighted by Crippen LogP contribution is 2.45. The summed E-state index contributed by atoms with van der Waals surface area (Å²) < 4.78 is 30.7. The summed E-state index contributed by atoms with van der Waals surface area (Å²) in [6.45, 7) is 14.5. The molecule has 154 valence electrons. The van der Waals surface area contributed by atoms with E-state index in [2.05, 4.69) is 43.9 Å². The SMILES string of the molecule is CC1(C2CCCO2)O[C@H]2O[C@H](CO[Si](C)(C)C(C)(C)C)[C@@H](CN=[N+]=[N-])[C@H]2O1. The van der Waals surface area contributed by atoms with Gasteiger partial charge in [-0.3, -0.25) is 0 Å². The van der Waals surface area contributed by atoms with Crippen LogP contribution in [0, 0.1) is 5.92 Å². The summed E-state index contributed by atoms with van der Waals surface area (Å²) in [4.78, 5) is 2.93. The lowest BCUT2D eigenvalue weighted by Gasteiger charge is -2.37. The molecule has 27 heavy (non-hydrogen) atoms. The molecular formula is C18H33N3O5Si. The Morgan fingerprint density at radius 2 is 2.04 bits per heavy atom. The monoisotopic (exact) mass is 399 g/mol. The van der Waals surface area contributed by atoms with E-state index >= 15 is 0 Å². The summed E-state index contributed by atoms with van der Waals surface area (Å²) in [5.74, 6) is -0.912. The Kier molecular flexibility index (Phi) is 5.95. The minimum atomic E-state index is -1.90. The van der Waals surface area contributed by atoms with Crippen molar-refractivity contribution in [1.82, 2.24) is 0 Å². The number of azide groups is 1. The Balaban J connectivity index is 1.68. The third-order valence-corrected chi connectivity index (χ3v) is 11.0. The van der Waals surface area contributed by atoms with E-state index in [0.29, 0.717) is 13.2 Å². The predicted octanol–water partition coefficient (Wildman–Crippen LogP) is 3.97. The van der Waals surface area contributed by atoms with E-state index < -0.39 is 20.4 Å². The summed E-state index contributed by atoms with van der Waals surface area (Å²) in [6.07, 6.45) is 0.856. The molecule has 0 spiro atoms. The average molecular weight is 400 g/mol. The summed E-state index contributed by atoms with van der Waals surface area (Å²) >= 11 is 0. The fourth-order valence-corrected chi connectivity index (χ4v) is 4.71. The maximum atomic E-state index is 8.80. The standard InChI is InChI=1S/C18H33N3O5Si/c1-17(2,3)27(5,6)23-11-13-12(10-20-21-19)15-16(24-13)26-18(4,25-15)14-8-7-9-22-14/h12-16H,7-11H2,1-6H3/t12-,13-,14?,15-,16-,18?/m1/s1. The van der Waals surface area contributed by atoms with E-state index in [9.17, 15) is 0 Å². The van der Waals surface area contributed by atoms with Gasteiger partial charge in [-0.25, -0.2) is 0 Å². The molecule has 0 bridgehead atoms. The van der Waals surface area contributed by atoms with E-state index in [-0.39, 0.29) is 29.3 Å². The van der Waals surface area contributed by atoms with E-state index in [1.54, 1.807) is 0 Å². The highest BCUT2D eigenvalue weighted by Gasteiger charge is 2.59. The van der Waals surface area contributed by atoms with Crippen LogP contribution in [-0.2, 0) is 23.4 Å². The van der Waals surface area contributed by atoms with Crippen LogP contribution in [0.5, 0.6) is 0 Å². The van der Waals surface area contributed by atoms with Gasteiger partial charge in [0.1, 0.15) is 12.2 Å². The van der Waals surface area contributed by atoms with Gasteiger partial charge in [-0.2, -0.15) is 0 Å². The third-order valence-electron chi connectivity index (χ3n) is 6.48. The predicted molar refractivity (Wildman–Crippen MR) is 103 cm³/mol. The third kappa shape index (κ3) is 4.19. The summed E-state index contributed by atoms with van der Waals surface area (Å²) in [7, 11) is -1.90. The second kappa shape index (κ2) is 7.63. The highest BCUT2D eigenvalue weighted by atomic mass is 28.4. The van der Waals surface area contributed by atoms with Crippen LogP contribution in [0.1, 0.15) is 40.5 Å². The van der Waals surface area contributed by atoms with Gasteiger partial charge in [-0.15, -0.1) is 0 Å². The number of hydrogen-bond acceptors (Lipinski definition) is 6. The molecule has 0 aliphatic carbocycles. The van der Waals surface area contributed by atoms with Crippen LogP contribution in [0.3, 0.4) is 0 Å². The number of nitrogens with zero attached hydrogens (tertiary/aromatic N) is 3. The zero-order chi connectivity index (χ0) is 19.9. The molecule has 0 aromatic carbocycles. The van der Waals surface area contributed by atoms with Gasteiger partial charge in [0.25, 0.3) is 0 Å². The van der Waals surface area contributed by atoms with Gasteiger partial charge in [-0.1, -0.05) is 25.9 Å². The zero-order valence-electron chi connectivity index (χ0n) is 17.3. The van der Waals surface area contributed by atoms with Crippen molar-refractivity contribution in [3.05, 3.63) is 10.4 Å². The molecule has 2 unspecified atom stereocenters. The molecule has 3 rings (SSSR count). The molecule has 0 radical (unpaired) electrons. The number of hydrogen-bond donors (Lipinski definition) is 0. The van der Waals surface area contributed by atoms with Crippen molar-refractivity contribution in [3.8, 4) is 0 Å². The van der Waals surface area contributed by atoms with E-state index in [1.165, 1.54) is 0 Å². The molecule has 0 saturated carbocycles. The van der Waals surface area contributed by atoms with E-state index in [1.807, 2.05) is 6.92 Å². The van der Waals surface area contributed by atoms with Crippen LogP contribution in [0.4, 0.5) is 0 Å². The van der Waals surface area contributed by atoms with Crippen molar-refractivity contribution < 1.29 is 23.4 Å². The second-order valence-corrected chi connectivity index (χ2v) is 14.2. The first-order valence-electron chi connectivity index (χ1n) is 9.85. The molecule has 3 heterocycles. The normalized spacial score (nSPS) is 39.4. The van der Waals surface area contributed by atoms with Crippen molar-refractivity contribution in [2.45, 2.75) is 89.1 Å².